The molecule has 0 fully saturated rings. The Morgan fingerprint density at radius 1 is 0.909 bits per heavy atom. The standard InChI is InChI=1S/C18H36N2O2/c1-13(2)10-19-15(21)9-17(5,6)11-18(7,8)12-20-16(22)14(3)4/h13-14H,9-12H2,1-8H3,(H,19,21)(H,20,22). The third-order valence-corrected chi connectivity index (χ3v) is 3.57. The monoisotopic (exact) mass is 312 g/mol. The first-order valence-electron chi connectivity index (χ1n) is 8.39. The molecule has 4 heteroatoms. The molecule has 0 bridgehead atoms. The van der Waals surface area contributed by atoms with E-state index in [1.54, 1.807) is 0 Å². The maximum atomic E-state index is 12.0. The zero-order chi connectivity index (χ0) is 17.6. The zero-order valence-electron chi connectivity index (χ0n) is 15.8. The first kappa shape index (κ1) is 20.9. The van der Waals surface area contributed by atoms with E-state index in [9.17, 15) is 9.59 Å². The molecule has 0 spiro atoms. The lowest BCUT2D eigenvalue weighted by Crippen LogP contribution is -2.39. The van der Waals surface area contributed by atoms with Crippen molar-refractivity contribution in [1.29, 1.82) is 0 Å². The molecule has 0 saturated heterocycles. The third kappa shape index (κ3) is 9.80. The lowest BCUT2D eigenvalue weighted by Gasteiger charge is -2.35. The van der Waals surface area contributed by atoms with Gasteiger partial charge in [0.2, 0.25) is 11.8 Å². The minimum atomic E-state index is -0.0902. The van der Waals surface area contributed by atoms with Crippen molar-refractivity contribution in [2.45, 2.75) is 68.2 Å². The Labute approximate surface area is 136 Å². The van der Waals surface area contributed by atoms with Crippen molar-refractivity contribution in [3.63, 3.8) is 0 Å². The average Bonchev–Trinajstić information content (AvgIpc) is 2.31. The fourth-order valence-corrected chi connectivity index (χ4v) is 2.77. The molecular weight excluding hydrogens is 276 g/mol. The van der Waals surface area contributed by atoms with Crippen LogP contribution in [0.2, 0.25) is 0 Å². The fraction of sp³-hybridized carbons (Fsp3) is 0.889. The van der Waals surface area contributed by atoms with E-state index in [-0.39, 0.29) is 28.6 Å². The Morgan fingerprint density at radius 2 is 1.45 bits per heavy atom. The van der Waals surface area contributed by atoms with Gasteiger partial charge in [0.15, 0.2) is 0 Å². The van der Waals surface area contributed by atoms with E-state index in [1.807, 2.05) is 13.8 Å². The third-order valence-electron chi connectivity index (χ3n) is 3.57. The largest absolute Gasteiger partial charge is 0.356 e. The van der Waals surface area contributed by atoms with Crippen molar-refractivity contribution in [2.75, 3.05) is 13.1 Å². The molecule has 130 valence electrons. The molecule has 0 unspecified atom stereocenters. The first-order chi connectivity index (χ1) is 9.84. The summed E-state index contributed by atoms with van der Waals surface area (Å²) in [5.41, 5.74) is -0.125. The number of carbonyl (C=O) groups is 2. The summed E-state index contributed by atoms with van der Waals surface area (Å²) in [6.07, 6.45) is 1.40. The summed E-state index contributed by atoms with van der Waals surface area (Å²) >= 11 is 0. The molecule has 2 N–H and O–H groups in total. The second-order valence-corrected chi connectivity index (χ2v) is 8.75. The summed E-state index contributed by atoms with van der Waals surface area (Å²) in [6.45, 7) is 17.9. The molecule has 0 aliphatic rings. The Hall–Kier alpha value is -1.06. The van der Waals surface area contributed by atoms with Crippen LogP contribution in [-0.2, 0) is 9.59 Å². The van der Waals surface area contributed by atoms with Gasteiger partial charge < -0.3 is 10.6 Å². The molecule has 0 radical (unpaired) electrons. The highest BCUT2D eigenvalue weighted by Crippen LogP contribution is 2.35. The molecule has 0 aromatic carbocycles. The molecular formula is C18H36N2O2. The number of rotatable bonds is 9. The summed E-state index contributed by atoms with van der Waals surface area (Å²) in [7, 11) is 0. The Kier molecular flexibility index (Phi) is 8.13. The summed E-state index contributed by atoms with van der Waals surface area (Å²) in [5, 5.41) is 5.98. The highest BCUT2D eigenvalue weighted by Gasteiger charge is 2.31. The Bertz CT molecular complexity index is 371. The van der Waals surface area contributed by atoms with Gasteiger partial charge in [-0.15, -0.1) is 0 Å². The zero-order valence-corrected chi connectivity index (χ0v) is 15.8. The van der Waals surface area contributed by atoms with Crippen LogP contribution in [0.1, 0.15) is 68.2 Å². The second-order valence-electron chi connectivity index (χ2n) is 8.75. The average molecular weight is 312 g/mol. The van der Waals surface area contributed by atoms with E-state index >= 15 is 0 Å². The van der Waals surface area contributed by atoms with Crippen LogP contribution in [0.4, 0.5) is 0 Å². The topological polar surface area (TPSA) is 58.2 Å². The van der Waals surface area contributed by atoms with Crippen LogP contribution in [0.5, 0.6) is 0 Å². The first-order valence-corrected chi connectivity index (χ1v) is 8.39. The van der Waals surface area contributed by atoms with Crippen molar-refractivity contribution in [2.24, 2.45) is 22.7 Å². The lowest BCUT2D eigenvalue weighted by atomic mass is 9.73. The SMILES string of the molecule is CC(C)CNC(=O)CC(C)(C)CC(C)(C)CNC(=O)C(C)C. The van der Waals surface area contributed by atoms with E-state index in [2.05, 4.69) is 52.2 Å². The van der Waals surface area contributed by atoms with Crippen molar-refractivity contribution in [3.8, 4) is 0 Å². The van der Waals surface area contributed by atoms with Crippen LogP contribution in [0, 0.1) is 22.7 Å². The maximum absolute atomic E-state index is 12.0. The smallest absolute Gasteiger partial charge is 0.222 e. The van der Waals surface area contributed by atoms with Gasteiger partial charge in [0.1, 0.15) is 0 Å². The molecule has 22 heavy (non-hydrogen) atoms. The molecule has 0 aromatic heterocycles. The van der Waals surface area contributed by atoms with Crippen LogP contribution < -0.4 is 10.6 Å². The Morgan fingerprint density at radius 3 is 1.91 bits per heavy atom. The van der Waals surface area contributed by atoms with Gasteiger partial charge in [0.05, 0.1) is 0 Å². The fourth-order valence-electron chi connectivity index (χ4n) is 2.77. The molecule has 2 amide bonds. The molecule has 0 aliphatic carbocycles. The molecule has 0 heterocycles. The molecule has 0 aromatic rings. The second kappa shape index (κ2) is 8.54. The van der Waals surface area contributed by atoms with Crippen LogP contribution in [0.25, 0.3) is 0 Å². The van der Waals surface area contributed by atoms with Gasteiger partial charge in [0, 0.05) is 25.4 Å². The lowest BCUT2D eigenvalue weighted by molar-refractivity contribution is -0.125. The molecule has 0 saturated carbocycles. The van der Waals surface area contributed by atoms with Crippen LogP contribution in [0.3, 0.4) is 0 Å². The van der Waals surface area contributed by atoms with Crippen molar-refractivity contribution < 1.29 is 9.59 Å². The van der Waals surface area contributed by atoms with Gasteiger partial charge in [-0.25, -0.2) is 0 Å². The predicted molar refractivity (Wildman–Crippen MR) is 92.5 cm³/mol. The Balaban J connectivity index is 4.41. The van der Waals surface area contributed by atoms with E-state index in [1.165, 1.54) is 0 Å². The van der Waals surface area contributed by atoms with Crippen LogP contribution in [0.15, 0.2) is 0 Å². The number of amides is 2. The molecule has 0 aliphatic heterocycles. The van der Waals surface area contributed by atoms with Crippen LogP contribution >= 0.6 is 0 Å². The van der Waals surface area contributed by atoms with Gasteiger partial charge in [0.25, 0.3) is 0 Å². The van der Waals surface area contributed by atoms with Crippen molar-refractivity contribution in [3.05, 3.63) is 0 Å². The minimum Gasteiger partial charge on any atom is -0.356 e. The van der Waals surface area contributed by atoms with Gasteiger partial charge in [-0.1, -0.05) is 55.4 Å². The van der Waals surface area contributed by atoms with Crippen LogP contribution in [-0.4, -0.2) is 24.9 Å². The van der Waals surface area contributed by atoms with Crippen molar-refractivity contribution in [1.82, 2.24) is 10.6 Å². The summed E-state index contributed by atoms with van der Waals surface area (Å²) in [6, 6.07) is 0. The maximum Gasteiger partial charge on any atom is 0.222 e. The summed E-state index contributed by atoms with van der Waals surface area (Å²) in [5.74, 6) is 0.668. The van der Waals surface area contributed by atoms with E-state index in [0.717, 1.165) is 13.0 Å². The highest BCUT2D eigenvalue weighted by molar-refractivity contribution is 5.78. The summed E-state index contributed by atoms with van der Waals surface area (Å²) in [4.78, 5) is 23.7. The van der Waals surface area contributed by atoms with E-state index in [0.29, 0.717) is 18.9 Å². The van der Waals surface area contributed by atoms with E-state index < -0.39 is 0 Å². The van der Waals surface area contributed by atoms with Gasteiger partial charge >= 0.3 is 0 Å². The van der Waals surface area contributed by atoms with Gasteiger partial charge in [-0.3, -0.25) is 9.59 Å². The van der Waals surface area contributed by atoms with Gasteiger partial charge in [-0.05, 0) is 23.2 Å². The predicted octanol–water partition coefficient (Wildman–Crippen LogP) is 3.36. The van der Waals surface area contributed by atoms with Crippen molar-refractivity contribution >= 4 is 11.8 Å². The number of hydrogen-bond acceptors (Lipinski definition) is 2. The molecule has 0 atom stereocenters. The number of hydrogen-bond donors (Lipinski definition) is 2. The highest BCUT2D eigenvalue weighted by atomic mass is 16.2. The van der Waals surface area contributed by atoms with E-state index in [4.69, 9.17) is 0 Å². The molecule has 0 rings (SSSR count). The normalized spacial score (nSPS) is 12.6. The summed E-state index contributed by atoms with van der Waals surface area (Å²) < 4.78 is 0. The quantitative estimate of drug-likeness (QED) is 0.686. The number of carbonyl (C=O) groups excluding carboxylic acids is 2. The molecule has 4 nitrogen and oxygen atoms in total. The number of nitrogens with one attached hydrogen (secondary N) is 2. The van der Waals surface area contributed by atoms with Gasteiger partial charge in [-0.2, -0.15) is 0 Å². The minimum absolute atomic E-state index is 0.00521.